The summed E-state index contributed by atoms with van der Waals surface area (Å²) in [6.07, 6.45) is 2.40. The van der Waals surface area contributed by atoms with Gasteiger partial charge in [-0.3, -0.25) is 0 Å². The van der Waals surface area contributed by atoms with Crippen LogP contribution in [0.4, 0.5) is 0 Å². The molecule has 1 aliphatic carbocycles. The van der Waals surface area contributed by atoms with Crippen molar-refractivity contribution in [1.29, 1.82) is 0 Å². The molecule has 2 aromatic rings. The van der Waals surface area contributed by atoms with E-state index in [-0.39, 0.29) is 0 Å². The monoisotopic (exact) mass is 232 g/mol. The van der Waals surface area contributed by atoms with Crippen LogP contribution in [0.1, 0.15) is 30.2 Å². The van der Waals surface area contributed by atoms with Crippen molar-refractivity contribution in [3.63, 3.8) is 0 Å². The minimum atomic E-state index is 0.540. The van der Waals surface area contributed by atoms with Crippen molar-refractivity contribution < 1.29 is 4.42 Å². The molecule has 0 aliphatic heterocycles. The second kappa shape index (κ2) is 4.29. The molecule has 3 nitrogen and oxygen atoms in total. The fourth-order valence-electron chi connectivity index (χ4n) is 1.49. The number of hydrogen-bond acceptors (Lipinski definition) is 4. The SMILES string of the molecule is c1ccc(CSc2nnc(C3CC3)o2)cc1. The maximum absolute atomic E-state index is 5.57. The van der Waals surface area contributed by atoms with E-state index < -0.39 is 0 Å². The van der Waals surface area contributed by atoms with Gasteiger partial charge in [-0.05, 0) is 18.4 Å². The summed E-state index contributed by atoms with van der Waals surface area (Å²) in [6.45, 7) is 0. The van der Waals surface area contributed by atoms with Gasteiger partial charge in [-0.15, -0.1) is 10.2 Å². The van der Waals surface area contributed by atoms with Crippen LogP contribution in [0, 0.1) is 0 Å². The Morgan fingerprint density at radius 2 is 2.00 bits per heavy atom. The van der Waals surface area contributed by atoms with Crippen LogP contribution in [-0.2, 0) is 5.75 Å². The summed E-state index contributed by atoms with van der Waals surface area (Å²) in [4.78, 5) is 0. The van der Waals surface area contributed by atoms with Crippen molar-refractivity contribution in [3.05, 3.63) is 41.8 Å². The van der Waals surface area contributed by atoms with Crippen molar-refractivity contribution in [1.82, 2.24) is 10.2 Å². The van der Waals surface area contributed by atoms with E-state index in [2.05, 4.69) is 22.3 Å². The van der Waals surface area contributed by atoms with Crippen molar-refractivity contribution in [2.24, 2.45) is 0 Å². The Labute approximate surface area is 98.3 Å². The van der Waals surface area contributed by atoms with E-state index in [0.717, 1.165) is 11.6 Å². The molecule has 1 heterocycles. The van der Waals surface area contributed by atoms with Crippen molar-refractivity contribution >= 4 is 11.8 Å². The van der Waals surface area contributed by atoms with E-state index in [9.17, 15) is 0 Å². The number of aromatic nitrogens is 2. The predicted octanol–water partition coefficient (Wildman–Crippen LogP) is 3.24. The van der Waals surface area contributed by atoms with Crippen LogP contribution >= 0.6 is 11.8 Å². The van der Waals surface area contributed by atoms with Gasteiger partial charge in [0.25, 0.3) is 5.22 Å². The third-order valence-electron chi connectivity index (χ3n) is 2.55. The van der Waals surface area contributed by atoms with E-state index >= 15 is 0 Å². The van der Waals surface area contributed by atoms with Gasteiger partial charge in [0, 0.05) is 11.7 Å². The van der Waals surface area contributed by atoms with E-state index in [0.29, 0.717) is 11.1 Å². The van der Waals surface area contributed by atoms with Crippen LogP contribution in [0.2, 0.25) is 0 Å². The molecule has 3 rings (SSSR count). The summed E-state index contributed by atoms with van der Waals surface area (Å²) in [7, 11) is 0. The molecule has 0 atom stereocenters. The number of thioether (sulfide) groups is 1. The maximum atomic E-state index is 5.57. The Morgan fingerprint density at radius 3 is 2.75 bits per heavy atom. The van der Waals surface area contributed by atoms with Gasteiger partial charge in [-0.25, -0.2) is 0 Å². The molecular weight excluding hydrogens is 220 g/mol. The highest BCUT2D eigenvalue weighted by atomic mass is 32.2. The van der Waals surface area contributed by atoms with Crippen LogP contribution in [0.25, 0.3) is 0 Å². The van der Waals surface area contributed by atoms with Gasteiger partial charge in [-0.2, -0.15) is 0 Å². The topological polar surface area (TPSA) is 38.9 Å². The molecule has 0 bridgehead atoms. The molecule has 0 spiro atoms. The fraction of sp³-hybridized carbons (Fsp3) is 0.333. The number of rotatable bonds is 4. The van der Waals surface area contributed by atoms with Gasteiger partial charge in [-0.1, -0.05) is 42.1 Å². The standard InChI is InChI=1S/C12H12N2OS/c1-2-4-9(5-3-1)8-16-12-14-13-11(15-12)10-6-7-10/h1-5,10H,6-8H2. The lowest BCUT2D eigenvalue weighted by Gasteiger charge is -1.96. The number of benzene rings is 1. The highest BCUT2D eigenvalue weighted by Crippen LogP contribution is 2.39. The van der Waals surface area contributed by atoms with Gasteiger partial charge in [0.15, 0.2) is 0 Å². The molecular formula is C12H12N2OS. The van der Waals surface area contributed by atoms with E-state index in [1.165, 1.54) is 18.4 Å². The molecule has 1 aromatic heterocycles. The van der Waals surface area contributed by atoms with Gasteiger partial charge in [0.05, 0.1) is 0 Å². The highest BCUT2D eigenvalue weighted by Gasteiger charge is 2.29. The normalized spacial score (nSPS) is 15.2. The zero-order chi connectivity index (χ0) is 10.8. The summed E-state index contributed by atoms with van der Waals surface area (Å²) in [5.41, 5.74) is 1.28. The lowest BCUT2D eigenvalue weighted by atomic mass is 10.2. The van der Waals surface area contributed by atoms with E-state index in [4.69, 9.17) is 4.42 Å². The third kappa shape index (κ3) is 2.27. The van der Waals surface area contributed by atoms with Gasteiger partial charge in [0.1, 0.15) is 0 Å². The first-order valence-electron chi connectivity index (χ1n) is 5.42. The molecule has 1 aliphatic rings. The average Bonchev–Trinajstić information content (AvgIpc) is 3.08. The molecule has 0 amide bonds. The molecule has 1 saturated carbocycles. The first kappa shape index (κ1) is 9.90. The molecule has 1 aromatic carbocycles. The summed E-state index contributed by atoms with van der Waals surface area (Å²) < 4.78 is 5.57. The lowest BCUT2D eigenvalue weighted by molar-refractivity contribution is 0.414. The Hall–Kier alpha value is -1.29. The first-order chi connectivity index (χ1) is 7.92. The lowest BCUT2D eigenvalue weighted by Crippen LogP contribution is -1.79. The van der Waals surface area contributed by atoms with Gasteiger partial charge in [0.2, 0.25) is 5.89 Å². The van der Waals surface area contributed by atoms with Crippen LogP contribution < -0.4 is 0 Å². The summed E-state index contributed by atoms with van der Waals surface area (Å²) in [5, 5.41) is 8.78. The second-order valence-corrected chi connectivity index (χ2v) is 4.88. The Bertz CT molecular complexity index is 465. The number of hydrogen-bond donors (Lipinski definition) is 0. The van der Waals surface area contributed by atoms with Gasteiger partial charge >= 0.3 is 0 Å². The second-order valence-electron chi connectivity index (χ2n) is 3.95. The van der Waals surface area contributed by atoms with E-state index in [1.54, 1.807) is 11.8 Å². The van der Waals surface area contributed by atoms with Crippen LogP contribution in [-0.4, -0.2) is 10.2 Å². The largest absolute Gasteiger partial charge is 0.416 e. The first-order valence-corrected chi connectivity index (χ1v) is 6.40. The molecule has 0 saturated heterocycles. The molecule has 82 valence electrons. The van der Waals surface area contributed by atoms with Crippen molar-refractivity contribution in [2.75, 3.05) is 0 Å². The zero-order valence-corrected chi connectivity index (χ0v) is 9.61. The average molecular weight is 232 g/mol. The summed E-state index contributed by atoms with van der Waals surface area (Å²) >= 11 is 1.60. The van der Waals surface area contributed by atoms with E-state index in [1.807, 2.05) is 18.2 Å². The smallest absolute Gasteiger partial charge is 0.276 e. The Balaban J connectivity index is 1.61. The van der Waals surface area contributed by atoms with Crippen LogP contribution in [0.3, 0.4) is 0 Å². The Kier molecular flexibility index (Phi) is 2.66. The maximum Gasteiger partial charge on any atom is 0.276 e. The Morgan fingerprint density at radius 1 is 1.19 bits per heavy atom. The third-order valence-corrected chi connectivity index (χ3v) is 3.44. The van der Waals surface area contributed by atoms with Crippen LogP contribution in [0.5, 0.6) is 0 Å². The summed E-state index contributed by atoms with van der Waals surface area (Å²) in [5.74, 6) is 2.24. The fourth-order valence-corrected chi connectivity index (χ4v) is 2.22. The minimum absolute atomic E-state index is 0.540. The van der Waals surface area contributed by atoms with Gasteiger partial charge < -0.3 is 4.42 Å². The molecule has 4 heteroatoms. The predicted molar refractivity (Wildman–Crippen MR) is 62.3 cm³/mol. The summed E-state index contributed by atoms with van der Waals surface area (Å²) in [6, 6.07) is 10.3. The molecule has 16 heavy (non-hydrogen) atoms. The molecule has 1 fully saturated rings. The molecule has 0 radical (unpaired) electrons. The number of nitrogens with zero attached hydrogens (tertiary/aromatic N) is 2. The van der Waals surface area contributed by atoms with Crippen molar-refractivity contribution in [2.45, 2.75) is 29.7 Å². The quantitative estimate of drug-likeness (QED) is 0.759. The van der Waals surface area contributed by atoms with Crippen molar-refractivity contribution in [3.8, 4) is 0 Å². The minimum Gasteiger partial charge on any atom is -0.416 e. The highest BCUT2D eigenvalue weighted by molar-refractivity contribution is 7.98. The molecule has 0 N–H and O–H groups in total. The van der Waals surface area contributed by atoms with Crippen LogP contribution in [0.15, 0.2) is 40.0 Å². The zero-order valence-electron chi connectivity index (χ0n) is 8.80. The molecule has 0 unspecified atom stereocenters.